The molecule has 0 fully saturated rings. The highest BCUT2D eigenvalue weighted by molar-refractivity contribution is 7.20. The fourth-order valence-electron chi connectivity index (χ4n) is 10.2. The lowest BCUT2D eigenvalue weighted by atomic mass is 9.31. The highest BCUT2D eigenvalue weighted by Crippen LogP contribution is 2.41. The van der Waals surface area contributed by atoms with Crippen molar-refractivity contribution in [1.29, 1.82) is 0 Å². The van der Waals surface area contributed by atoms with Gasteiger partial charge in [0.2, 0.25) is 6.71 Å². The fourth-order valence-corrected chi connectivity index (χ4v) is 16.6. The number of rotatable bonds is 4. The van der Waals surface area contributed by atoms with Crippen LogP contribution in [0.25, 0.3) is 16.6 Å². The predicted octanol–water partition coefficient (Wildman–Crippen LogP) is 6.01. The molecule has 1 atom stereocenters. The van der Waals surface area contributed by atoms with Crippen LogP contribution in [0.1, 0.15) is 56.0 Å². The molecule has 2 aliphatic heterocycles. The van der Waals surface area contributed by atoms with Crippen LogP contribution in [0.4, 0.5) is 0 Å². The molecule has 0 spiro atoms. The van der Waals surface area contributed by atoms with Crippen molar-refractivity contribution in [3.05, 3.63) is 132 Å². The topological polar surface area (TPSA) is 4.93 Å². The molecule has 3 aliphatic rings. The fraction of sp³-hybridized carbons (Fsp3) is 0.273. The van der Waals surface area contributed by atoms with E-state index in [1.165, 1.54) is 46.9 Å². The number of para-hydroxylation sites is 1. The molecule has 4 heteroatoms. The Kier molecular flexibility index (Phi) is 6.65. The van der Waals surface area contributed by atoms with Gasteiger partial charge >= 0.3 is 0 Å². The molecule has 0 saturated carbocycles. The summed E-state index contributed by atoms with van der Waals surface area (Å²) in [6.45, 7) is 15.3. The number of fused-ring (bicyclic) bond motifs is 7. The Labute approximate surface area is 289 Å². The van der Waals surface area contributed by atoms with Crippen LogP contribution >= 0.6 is 0 Å². The molecule has 0 saturated heterocycles. The third kappa shape index (κ3) is 3.96. The van der Waals surface area contributed by atoms with Crippen molar-refractivity contribution in [2.45, 2.75) is 77.6 Å². The van der Waals surface area contributed by atoms with E-state index in [0.717, 1.165) is 12.5 Å². The van der Waals surface area contributed by atoms with Gasteiger partial charge in [-0.15, -0.1) is 0 Å². The van der Waals surface area contributed by atoms with Gasteiger partial charge in [-0.2, -0.15) is 0 Å². The number of benzene rings is 5. The highest BCUT2D eigenvalue weighted by atomic mass is 28.3. The zero-order valence-corrected chi connectivity index (χ0v) is 31.5. The SMILES string of the molecule is CC[Si]1(c2ccccc2)c2cc([Si](C)(C)C)ccc2B2c3ccccc3C(C)(C)c3c(-n4c5c(c6ccccc64)CCCC5)ccc1c32. The van der Waals surface area contributed by atoms with Crippen LogP contribution in [0, 0.1) is 0 Å². The molecule has 0 N–H and O–H groups in total. The summed E-state index contributed by atoms with van der Waals surface area (Å²) in [4.78, 5) is 0. The second kappa shape index (κ2) is 10.6. The first-order valence-corrected chi connectivity index (χ1v) is 24.0. The molecule has 6 aromatic rings. The molecule has 1 aliphatic carbocycles. The summed E-state index contributed by atoms with van der Waals surface area (Å²) in [5.74, 6) is 0. The van der Waals surface area contributed by atoms with Crippen molar-refractivity contribution in [2.24, 2.45) is 0 Å². The Morgan fingerprint density at radius 2 is 1.48 bits per heavy atom. The quantitative estimate of drug-likeness (QED) is 0.205. The summed E-state index contributed by atoms with van der Waals surface area (Å²) in [5.41, 5.74) is 13.5. The first-order chi connectivity index (χ1) is 23.2. The van der Waals surface area contributed by atoms with Crippen molar-refractivity contribution in [2.75, 3.05) is 0 Å². The first kappa shape index (κ1) is 30.2. The number of nitrogens with zero attached hydrogens (tertiary/aromatic N) is 1. The molecule has 238 valence electrons. The lowest BCUT2D eigenvalue weighted by molar-refractivity contribution is 0.633. The summed E-state index contributed by atoms with van der Waals surface area (Å²) in [6.07, 6.45) is 4.90. The van der Waals surface area contributed by atoms with Crippen LogP contribution in [0.3, 0.4) is 0 Å². The Morgan fingerprint density at radius 3 is 2.27 bits per heavy atom. The number of hydrogen-bond acceptors (Lipinski definition) is 0. The number of aryl methyl sites for hydroxylation is 1. The van der Waals surface area contributed by atoms with Crippen molar-refractivity contribution < 1.29 is 0 Å². The zero-order valence-electron chi connectivity index (χ0n) is 29.5. The van der Waals surface area contributed by atoms with Gasteiger partial charge in [0.25, 0.3) is 0 Å². The van der Waals surface area contributed by atoms with E-state index in [0.29, 0.717) is 0 Å². The standard InChI is InChI=1S/C44H46BNSi2/c1-7-48(30-17-9-8-10-18-30)40-28-27-39(46-37-23-15-11-19-32(37)33-20-12-16-24-38(33)46)42-43(40)45(35-22-14-13-21-34(35)44(42,2)3)36-26-25-31(29-41(36)48)47(4,5)6/h8-11,13-15,17-19,21-23,25-29H,7,12,16,20,24H2,1-6H3. The average molecular weight is 656 g/mol. The highest BCUT2D eigenvalue weighted by Gasteiger charge is 2.53. The summed E-state index contributed by atoms with van der Waals surface area (Å²) in [5, 5.41) is 7.89. The molecule has 5 aromatic carbocycles. The Morgan fingerprint density at radius 1 is 0.750 bits per heavy atom. The molecule has 9 rings (SSSR count). The van der Waals surface area contributed by atoms with Gasteiger partial charge < -0.3 is 4.57 Å². The van der Waals surface area contributed by atoms with E-state index < -0.39 is 16.1 Å². The Bertz CT molecular complexity index is 2260. The van der Waals surface area contributed by atoms with Crippen molar-refractivity contribution >= 4 is 70.9 Å². The van der Waals surface area contributed by atoms with E-state index in [1.807, 2.05) is 0 Å². The summed E-state index contributed by atoms with van der Waals surface area (Å²) in [6, 6.07) is 44.5. The molecular formula is C44H46BNSi2. The zero-order chi connectivity index (χ0) is 33.0. The van der Waals surface area contributed by atoms with Gasteiger partial charge in [0.05, 0.1) is 13.6 Å². The number of hydrogen-bond donors (Lipinski definition) is 0. The van der Waals surface area contributed by atoms with Crippen molar-refractivity contribution in [3.63, 3.8) is 0 Å². The van der Waals surface area contributed by atoms with E-state index in [1.54, 1.807) is 48.5 Å². The van der Waals surface area contributed by atoms with Gasteiger partial charge in [-0.1, -0.05) is 169 Å². The minimum atomic E-state index is -2.40. The smallest absolute Gasteiger partial charge is 0.241 e. The second-order valence-corrected chi connectivity index (χ2v) is 25.5. The normalized spacial score (nSPS) is 19.0. The molecule has 1 unspecified atom stereocenters. The van der Waals surface area contributed by atoms with E-state index in [2.05, 4.69) is 154 Å². The number of aromatic nitrogens is 1. The minimum absolute atomic E-state index is 0.152. The van der Waals surface area contributed by atoms with Crippen LogP contribution < -0.4 is 37.1 Å². The predicted molar refractivity (Wildman–Crippen MR) is 214 cm³/mol. The third-order valence-corrected chi connectivity index (χ3v) is 19.6. The molecule has 1 aromatic heterocycles. The largest absolute Gasteiger partial charge is 0.313 e. The maximum atomic E-state index is 2.72. The van der Waals surface area contributed by atoms with E-state index in [4.69, 9.17) is 0 Å². The Hall–Kier alpha value is -3.86. The van der Waals surface area contributed by atoms with Crippen LogP contribution in [-0.2, 0) is 18.3 Å². The molecule has 0 amide bonds. The van der Waals surface area contributed by atoms with Gasteiger partial charge in [0.1, 0.15) is 8.07 Å². The summed E-state index contributed by atoms with van der Waals surface area (Å²) in [7, 11) is -3.95. The monoisotopic (exact) mass is 655 g/mol. The van der Waals surface area contributed by atoms with Gasteiger partial charge in [0, 0.05) is 22.2 Å². The first-order valence-electron chi connectivity index (χ1n) is 18.3. The summed E-state index contributed by atoms with van der Waals surface area (Å²) >= 11 is 0. The molecule has 48 heavy (non-hydrogen) atoms. The van der Waals surface area contributed by atoms with Crippen LogP contribution in [0.2, 0.25) is 25.7 Å². The van der Waals surface area contributed by atoms with E-state index in [9.17, 15) is 0 Å². The molecular weight excluding hydrogens is 609 g/mol. The van der Waals surface area contributed by atoms with Crippen LogP contribution in [-0.4, -0.2) is 27.4 Å². The van der Waals surface area contributed by atoms with Gasteiger partial charge in [-0.25, -0.2) is 0 Å². The molecule has 0 bridgehead atoms. The average Bonchev–Trinajstić information content (AvgIpc) is 3.44. The van der Waals surface area contributed by atoms with Crippen LogP contribution in [0.5, 0.6) is 0 Å². The van der Waals surface area contributed by atoms with E-state index >= 15 is 0 Å². The molecule has 1 nitrogen and oxygen atoms in total. The lowest BCUT2D eigenvalue weighted by Gasteiger charge is -2.49. The minimum Gasteiger partial charge on any atom is -0.313 e. The molecule has 3 heterocycles. The third-order valence-electron chi connectivity index (χ3n) is 12.4. The van der Waals surface area contributed by atoms with Crippen molar-refractivity contribution in [1.82, 2.24) is 4.57 Å². The van der Waals surface area contributed by atoms with Crippen LogP contribution in [0.15, 0.2) is 109 Å². The second-order valence-electron chi connectivity index (χ2n) is 16.2. The van der Waals surface area contributed by atoms with Gasteiger partial charge in [-0.05, 0) is 65.7 Å². The maximum Gasteiger partial charge on any atom is 0.241 e. The van der Waals surface area contributed by atoms with E-state index in [-0.39, 0.29) is 12.1 Å². The lowest BCUT2D eigenvalue weighted by Crippen LogP contribution is -2.84. The van der Waals surface area contributed by atoms with Gasteiger partial charge in [-0.3, -0.25) is 0 Å². The van der Waals surface area contributed by atoms with Crippen molar-refractivity contribution in [3.8, 4) is 5.69 Å². The molecule has 0 radical (unpaired) electrons. The summed E-state index contributed by atoms with van der Waals surface area (Å²) < 4.78 is 2.72. The Balaban J connectivity index is 1.46. The maximum absolute atomic E-state index is 2.72. The van der Waals surface area contributed by atoms with Gasteiger partial charge in [0.15, 0.2) is 0 Å².